The molecular formula is C38H32ClFN6O5. The van der Waals surface area contributed by atoms with Crippen molar-refractivity contribution in [1.82, 2.24) is 30.4 Å². The van der Waals surface area contributed by atoms with Crippen LogP contribution in [0.1, 0.15) is 62.9 Å². The third-order valence-corrected chi connectivity index (χ3v) is 9.22. The van der Waals surface area contributed by atoms with Gasteiger partial charge in [0, 0.05) is 36.2 Å². The van der Waals surface area contributed by atoms with Crippen molar-refractivity contribution in [3.8, 4) is 16.8 Å². The Labute approximate surface area is 297 Å². The van der Waals surface area contributed by atoms with Gasteiger partial charge in [0.2, 0.25) is 5.91 Å². The van der Waals surface area contributed by atoms with Gasteiger partial charge in [0.15, 0.2) is 11.6 Å². The second-order valence-electron chi connectivity index (χ2n) is 12.7. The average Bonchev–Trinajstić information content (AvgIpc) is 3.66. The fourth-order valence-electron chi connectivity index (χ4n) is 6.51. The standard InChI is InChI=1S/C38H32ClFN6O5/c1-38(2)20-29-26(23-11-13-24(14-12-23)36(49)41-3)5-4-6-27(29)35(32(47)19-22-7-9-25(10-8-22)37(50)51)46(38)33(48)18-15-28-31(45-21-42-43-44-45)17-16-30(39)34(28)40/h4-18,21,35H,19-20H2,1-3H3,(H,41,49)(H,50,51)/b18-15+. The number of nitrogens with zero attached hydrogens (tertiary/aromatic N) is 5. The number of nitrogens with one attached hydrogen (secondary N) is 1. The lowest BCUT2D eigenvalue weighted by Crippen LogP contribution is -2.55. The molecule has 1 atom stereocenters. The van der Waals surface area contributed by atoms with Crippen molar-refractivity contribution >= 4 is 41.2 Å². The summed E-state index contributed by atoms with van der Waals surface area (Å²) in [6.07, 6.45) is 4.06. The van der Waals surface area contributed by atoms with E-state index in [9.17, 15) is 24.3 Å². The quantitative estimate of drug-likeness (QED) is 0.180. The van der Waals surface area contributed by atoms with Gasteiger partial charge in [-0.3, -0.25) is 14.4 Å². The van der Waals surface area contributed by atoms with Crippen molar-refractivity contribution in [2.45, 2.75) is 38.3 Å². The highest BCUT2D eigenvalue weighted by Crippen LogP contribution is 2.44. The lowest BCUT2D eigenvalue weighted by Gasteiger charge is -2.48. The minimum absolute atomic E-state index is 0.0257. The Balaban J connectivity index is 1.44. The molecular weight excluding hydrogens is 675 g/mol. The Hall–Kier alpha value is -6.01. The van der Waals surface area contributed by atoms with E-state index in [1.165, 1.54) is 52.3 Å². The normalized spacial score (nSPS) is 15.0. The highest BCUT2D eigenvalue weighted by atomic mass is 35.5. The van der Waals surface area contributed by atoms with Crippen LogP contribution < -0.4 is 5.32 Å². The number of carbonyl (C=O) groups is 4. The molecule has 0 bridgehead atoms. The van der Waals surface area contributed by atoms with Gasteiger partial charge >= 0.3 is 5.97 Å². The predicted molar refractivity (Wildman–Crippen MR) is 188 cm³/mol. The van der Waals surface area contributed by atoms with E-state index in [-0.39, 0.29) is 39.9 Å². The molecule has 0 radical (unpaired) electrons. The maximum absolute atomic E-state index is 15.4. The number of carboxylic acids is 1. The van der Waals surface area contributed by atoms with Crippen molar-refractivity contribution < 1.29 is 28.7 Å². The van der Waals surface area contributed by atoms with E-state index < -0.39 is 29.3 Å². The molecule has 2 heterocycles. The lowest BCUT2D eigenvalue weighted by molar-refractivity contribution is -0.143. The Morgan fingerprint density at radius 1 is 1.00 bits per heavy atom. The van der Waals surface area contributed by atoms with Gasteiger partial charge in [-0.05, 0) is 101 Å². The molecule has 5 aromatic rings. The number of tetrazole rings is 1. The second kappa shape index (κ2) is 14.1. The molecule has 11 nitrogen and oxygen atoms in total. The van der Waals surface area contributed by atoms with Gasteiger partial charge in [-0.2, -0.15) is 4.68 Å². The summed E-state index contributed by atoms with van der Waals surface area (Å²) in [5, 5.41) is 22.9. The van der Waals surface area contributed by atoms with E-state index in [0.29, 0.717) is 23.1 Å². The van der Waals surface area contributed by atoms with Crippen molar-refractivity contribution in [2.75, 3.05) is 7.05 Å². The molecule has 0 aliphatic carbocycles. The second-order valence-corrected chi connectivity index (χ2v) is 13.1. The predicted octanol–water partition coefficient (Wildman–Crippen LogP) is 5.91. The summed E-state index contributed by atoms with van der Waals surface area (Å²) in [6, 6.07) is 20.6. The minimum atomic E-state index is -1.09. The van der Waals surface area contributed by atoms with Crippen molar-refractivity contribution in [3.05, 3.63) is 135 Å². The van der Waals surface area contributed by atoms with E-state index in [4.69, 9.17) is 11.6 Å². The molecule has 2 N–H and O–H groups in total. The topological polar surface area (TPSA) is 147 Å². The summed E-state index contributed by atoms with van der Waals surface area (Å²) >= 11 is 6.12. The number of Topliss-reactive ketones (excluding diaryl/α,β-unsaturated/α-hetero) is 1. The van der Waals surface area contributed by atoms with Gasteiger partial charge in [0.05, 0.1) is 16.3 Å². The highest BCUT2D eigenvalue weighted by molar-refractivity contribution is 6.31. The molecule has 13 heteroatoms. The molecule has 0 spiro atoms. The minimum Gasteiger partial charge on any atom is -0.478 e. The van der Waals surface area contributed by atoms with Gasteiger partial charge in [0.1, 0.15) is 12.4 Å². The smallest absolute Gasteiger partial charge is 0.335 e. The number of hydrogen-bond donors (Lipinski definition) is 2. The SMILES string of the molecule is CNC(=O)c1ccc(-c2cccc3c2CC(C)(C)N(C(=O)/C=C/c2c(-n4cnnn4)ccc(Cl)c2F)C3C(=O)Cc2ccc(C(=O)O)cc2)cc1. The number of benzene rings is 4. The molecule has 0 saturated carbocycles. The lowest BCUT2D eigenvalue weighted by atomic mass is 9.76. The summed E-state index contributed by atoms with van der Waals surface area (Å²) in [5.41, 5.74) is 3.62. The molecule has 6 rings (SSSR count). The number of ketones is 1. The summed E-state index contributed by atoms with van der Waals surface area (Å²) < 4.78 is 16.7. The monoisotopic (exact) mass is 706 g/mol. The van der Waals surface area contributed by atoms with E-state index in [1.807, 2.05) is 44.2 Å². The van der Waals surface area contributed by atoms with Crippen LogP contribution in [0, 0.1) is 5.82 Å². The third-order valence-electron chi connectivity index (χ3n) is 8.93. The highest BCUT2D eigenvalue weighted by Gasteiger charge is 2.45. The zero-order valence-corrected chi connectivity index (χ0v) is 28.6. The van der Waals surface area contributed by atoms with Gasteiger partial charge in [0.25, 0.3) is 5.91 Å². The number of rotatable bonds is 9. The number of carboxylic acid groups (broad SMARTS) is 1. The summed E-state index contributed by atoms with van der Waals surface area (Å²) in [6.45, 7) is 3.73. The zero-order chi connectivity index (χ0) is 36.4. The number of halogens is 2. The van der Waals surface area contributed by atoms with E-state index in [2.05, 4.69) is 20.8 Å². The van der Waals surface area contributed by atoms with Crippen LogP contribution in [-0.4, -0.2) is 66.4 Å². The molecule has 2 amide bonds. The van der Waals surface area contributed by atoms with Gasteiger partial charge < -0.3 is 15.3 Å². The van der Waals surface area contributed by atoms with E-state index in [1.54, 1.807) is 31.3 Å². The first-order valence-corrected chi connectivity index (χ1v) is 16.3. The number of aromatic nitrogens is 4. The largest absolute Gasteiger partial charge is 0.478 e. The average molecular weight is 707 g/mol. The Bertz CT molecular complexity index is 2180. The first kappa shape index (κ1) is 34.8. The Morgan fingerprint density at radius 2 is 1.71 bits per heavy atom. The summed E-state index contributed by atoms with van der Waals surface area (Å²) in [7, 11) is 1.56. The molecule has 0 saturated heterocycles. The maximum atomic E-state index is 15.4. The number of carbonyl (C=O) groups excluding carboxylic acids is 3. The van der Waals surface area contributed by atoms with Crippen LogP contribution in [0.15, 0.2) is 91.3 Å². The van der Waals surface area contributed by atoms with E-state index in [0.717, 1.165) is 16.7 Å². The molecule has 1 aliphatic heterocycles. The van der Waals surface area contributed by atoms with Gasteiger partial charge in [-0.15, -0.1) is 5.10 Å². The number of amides is 2. The van der Waals surface area contributed by atoms with E-state index >= 15 is 4.39 Å². The van der Waals surface area contributed by atoms with Crippen LogP contribution in [0.25, 0.3) is 22.9 Å². The van der Waals surface area contributed by atoms with Crippen molar-refractivity contribution in [1.29, 1.82) is 0 Å². The van der Waals surface area contributed by atoms with Gasteiger partial charge in [-0.1, -0.05) is 54.1 Å². The Kier molecular flexibility index (Phi) is 9.62. The summed E-state index contributed by atoms with van der Waals surface area (Å²) in [4.78, 5) is 53.9. The number of fused-ring (bicyclic) bond motifs is 1. The third kappa shape index (κ3) is 6.90. The first-order valence-electron chi connectivity index (χ1n) is 15.9. The van der Waals surface area contributed by atoms with Crippen LogP contribution in [0.4, 0.5) is 4.39 Å². The van der Waals surface area contributed by atoms with Crippen LogP contribution in [-0.2, 0) is 22.4 Å². The van der Waals surface area contributed by atoms with Crippen LogP contribution in [0.2, 0.25) is 5.02 Å². The van der Waals surface area contributed by atoms with Crippen molar-refractivity contribution in [2.24, 2.45) is 0 Å². The van der Waals surface area contributed by atoms with Crippen LogP contribution in [0.5, 0.6) is 0 Å². The molecule has 258 valence electrons. The van der Waals surface area contributed by atoms with Crippen molar-refractivity contribution in [3.63, 3.8) is 0 Å². The fourth-order valence-corrected chi connectivity index (χ4v) is 6.67. The maximum Gasteiger partial charge on any atom is 0.335 e. The van der Waals surface area contributed by atoms with Crippen LogP contribution >= 0.6 is 11.6 Å². The van der Waals surface area contributed by atoms with Gasteiger partial charge in [-0.25, -0.2) is 9.18 Å². The molecule has 0 fully saturated rings. The molecule has 1 aliphatic rings. The molecule has 4 aromatic carbocycles. The number of hydrogen-bond acceptors (Lipinski definition) is 7. The summed E-state index contributed by atoms with van der Waals surface area (Å²) in [5.74, 6) is -2.93. The Morgan fingerprint density at radius 3 is 2.35 bits per heavy atom. The molecule has 1 aromatic heterocycles. The first-order chi connectivity index (χ1) is 24.4. The van der Waals surface area contributed by atoms with Crippen LogP contribution in [0.3, 0.4) is 0 Å². The number of aromatic carboxylic acids is 1. The zero-order valence-electron chi connectivity index (χ0n) is 27.8. The fraction of sp³-hybridized carbons (Fsp3) is 0.184. The molecule has 1 unspecified atom stereocenters. The molecule has 51 heavy (non-hydrogen) atoms.